The van der Waals surface area contributed by atoms with E-state index in [2.05, 4.69) is 21.2 Å². The summed E-state index contributed by atoms with van der Waals surface area (Å²) in [5.74, 6) is 0.291. The van der Waals surface area contributed by atoms with Crippen LogP contribution in [0.3, 0.4) is 0 Å². The van der Waals surface area contributed by atoms with E-state index >= 15 is 0 Å². The van der Waals surface area contributed by atoms with Crippen molar-refractivity contribution in [2.45, 2.75) is 6.61 Å². The molecule has 0 amide bonds. The quantitative estimate of drug-likeness (QED) is 0.417. The molecule has 0 radical (unpaired) electrons. The second-order valence-electron chi connectivity index (χ2n) is 5.04. The Kier molecular flexibility index (Phi) is 6.49. The smallest absolute Gasteiger partial charge is 0.294 e. The van der Waals surface area contributed by atoms with Crippen LogP contribution >= 0.6 is 15.9 Å². The number of ether oxygens (including phenoxy) is 1. The van der Waals surface area contributed by atoms with Crippen LogP contribution in [0.4, 0.5) is 11.4 Å². The van der Waals surface area contributed by atoms with Gasteiger partial charge in [-0.2, -0.15) is 15.8 Å². The Morgan fingerprint density at radius 2 is 1.81 bits per heavy atom. The van der Waals surface area contributed by atoms with Gasteiger partial charge in [0.1, 0.15) is 41.9 Å². The standard InChI is InChI=1S/C18H10BrN5O3/c19-14-6-17(24(25)26)15(23-16(10-22)13(8-20)9-21)7-18(14)27-11-12-4-2-1-3-5-12/h1-7,23H,11H2. The average Bonchev–Trinajstić information content (AvgIpc) is 2.68. The number of rotatable bonds is 6. The third-order valence-electron chi connectivity index (χ3n) is 3.33. The van der Waals surface area contributed by atoms with Gasteiger partial charge in [0.25, 0.3) is 5.69 Å². The first-order chi connectivity index (χ1) is 13.0. The molecule has 2 rings (SSSR count). The lowest BCUT2D eigenvalue weighted by molar-refractivity contribution is -0.384. The van der Waals surface area contributed by atoms with Crippen LogP contribution in [0.25, 0.3) is 0 Å². The normalized spacial score (nSPS) is 9.26. The van der Waals surface area contributed by atoms with Crippen LogP contribution in [0.15, 0.2) is 58.2 Å². The zero-order valence-electron chi connectivity index (χ0n) is 13.6. The number of nitro groups is 1. The topological polar surface area (TPSA) is 136 Å². The van der Waals surface area contributed by atoms with Crippen molar-refractivity contribution >= 4 is 27.3 Å². The maximum atomic E-state index is 11.3. The molecule has 0 aliphatic rings. The van der Waals surface area contributed by atoms with Gasteiger partial charge in [-0.1, -0.05) is 30.3 Å². The van der Waals surface area contributed by atoms with Crippen molar-refractivity contribution in [1.29, 1.82) is 15.8 Å². The summed E-state index contributed by atoms with van der Waals surface area (Å²) in [6, 6.07) is 16.6. The molecule has 0 aromatic heterocycles. The van der Waals surface area contributed by atoms with E-state index in [0.29, 0.717) is 10.2 Å². The molecule has 0 aliphatic carbocycles. The van der Waals surface area contributed by atoms with E-state index in [1.165, 1.54) is 12.1 Å². The first kappa shape index (κ1) is 19.5. The Morgan fingerprint density at radius 3 is 2.37 bits per heavy atom. The van der Waals surface area contributed by atoms with Crippen molar-refractivity contribution in [3.05, 3.63) is 73.9 Å². The van der Waals surface area contributed by atoms with Crippen molar-refractivity contribution in [3.8, 4) is 24.0 Å². The molecule has 1 N–H and O–H groups in total. The molecule has 0 spiro atoms. The molecule has 8 nitrogen and oxygen atoms in total. The van der Waals surface area contributed by atoms with Gasteiger partial charge in [-0.3, -0.25) is 10.1 Å². The number of hydrogen-bond donors (Lipinski definition) is 1. The number of benzene rings is 2. The summed E-state index contributed by atoms with van der Waals surface area (Å²) in [6.07, 6.45) is 0. The highest BCUT2D eigenvalue weighted by Crippen LogP contribution is 2.37. The van der Waals surface area contributed by atoms with Gasteiger partial charge >= 0.3 is 0 Å². The molecular weight excluding hydrogens is 414 g/mol. The van der Waals surface area contributed by atoms with Crippen molar-refractivity contribution in [2.24, 2.45) is 0 Å². The van der Waals surface area contributed by atoms with Gasteiger partial charge in [-0.25, -0.2) is 0 Å². The predicted molar refractivity (Wildman–Crippen MR) is 99.1 cm³/mol. The summed E-state index contributed by atoms with van der Waals surface area (Å²) < 4.78 is 6.03. The van der Waals surface area contributed by atoms with Gasteiger partial charge in [0, 0.05) is 12.1 Å². The van der Waals surface area contributed by atoms with Crippen LogP contribution in [0.2, 0.25) is 0 Å². The molecule has 0 fully saturated rings. The second-order valence-corrected chi connectivity index (χ2v) is 5.90. The average molecular weight is 424 g/mol. The molecule has 27 heavy (non-hydrogen) atoms. The molecular formula is C18H10BrN5O3. The summed E-state index contributed by atoms with van der Waals surface area (Å²) in [6.45, 7) is 0.222. The van der Waals surface area contributed by atoms with Gasteiger partial charge in [0.2, 0.25) is 0 Å². The second kappa shape index (κ2) is 9.00. The van der Waals surface area contributed by atoms with E-state index in [4.69, 9.17) is 20.5 Å². The fourth-order valence-corrected chi connectivity index (χ4v) is 2.50. The zero-order chi connectivity index (χ0) is 19.8. The Balaban J connectivity index is 2.42. The number of nitriles is 3. The molecule has 0 heterocycles. The Labute approximate surface area is 162 Å². The minimum absolute atomic E-state index is 0.0780. The van der Waals surface area contributed by atoms with Gasteiger partial charge < -0.3 is 10.1 Å². The van der Waals surface area contributed by atoms with E-state index in [1.807, 2.05) is 30.3 Å². The Hall–Kier alpha value is -3.87. The van der Waals surface area contributed by atoms with Crippen LogP contribution in [0.1, 0.15) is 5.56 Å². The molecule has 0 atom stereocenters. The summed E-state index contributed by atoms with van der Waals surface area (Å²) >= 11 is 3.22. The van der Waals surface area contributed by atoms with E-state index in [9.17, 15) is 10.1 Å². The first-order valence-electron chi connectivity index (χ1n) is 7.36. The van der Waals surface area contributed by atoms with Crippen molar-refractivity contribution < 1.29 is 9.66 Å². The van der Waals surface area contributed by atoms with Crippen LogP contribution in [-0.4, -0.2) is 4.92 Å². The zero-order valence-corrected chi connectivity index (χ0v) is 15.2. The molecule has 2 aromatic carbocycles. The number of nitrogens with one attached hydrogen (secondary N) is 1. The molecule has 0 bridgehead atoms. The number of nitrogens with zero attached hydrogens (tertiary/aromatic N) is 4. The largest absolute Gasteiger partial charge is 0.488 e. The molecule has 0 saturated heterocycles. The lowest BCUT2D eigenvalue weighted by atomic mass is 10.2. The van der Waals surface area contributed by atoms with Crippen molar-refractivity contribution in [3.63, 3.8) is 0 Å². The highest BCUT2D eigenvalue weighted by Gasteiger charge is 2.20. The van der Waals surface area contributed by atoms with Gasteiger partial charge in [-0.15, -0.1) is 0 Å². The van der Waals surface area contributed by atoms with Gasteiger partial charge in [0.05, 0.1) is 9.40 Å². The van der Waals surface area contributed by atoms with Crippen LogP contribution < -0.4 is 10.1 Å². The lowest BCUT2D eigenvalue weighted by Crippen LogP contribution is -2.05. The molecule has 2 aromatic rings. The SMILES string of the molecule is N#CC(C#N)=C(C#N)Nc1cc(OCc2ccccc2)c(Br)cc1[N+](=O)[O-]. The van der Waals surface area contributed by atoms with E-state index in [-0.39, 0.29) is 23.7 Å². The van der Waals surface area contributed by atoms with Gasteiger partial charge in [-0.05, 0) is 21.5 Å². The first-order valence-corrected chi connectivity index (χ1v) is 8.15. The molecule has 0 unspecified atom stereocenters. The minimum atomic E-state index is -0.651. The number of halogens is 1. The Morgan fingerprint density at radius 1 is 1.15 bits per heavy atom. The highest BCUT2D eigenvalue weighted by molar-refractivity contribution is 9.10. The van der Waals surface area contributed by atoms with Crippen LogP contribution in [-0.2, 0) is 6.61 Å². The fourth-order valence-electron chi connectivity index (χ4n) is 2.06. The van der Waals surface area contributed by atoms with Crippen LogP contribution in [0.5, 0.6) is 5.75 Å². The maximum absolute atomic E-state index is 11.3. The third kappa shape index (κ3) is 4.82. The molecule has 0 saturated carbocycles. The number of anilines is 1. The summed E-state index contributed by atoms with van der Waals surface area (Å²) in [7, 11) is 0. The van der Waals surface area contributed by atoms with Crippen molar-refractivity contribution in [2.75, 3.05) is 5.32 Å². The van der Waals surface area contributed by atoms with E-state index in [1.54, 1.807) is 18.2 Å². The number of hydrogen-bond acceptors (Lipinski definition) is 7. The summed E-state index contributed by atoms with van der Waals surface area (Å²) in [5.41, 5.74) is -0.408. The Bertz CT molecular complexity index is 1010. The predicted octanol–water partition coefficient (Wildman–Crippen LogP) is 4.17. The van der Waals surface area contributed by atoms with Crippen LogP contribution in [0, 0.1) is 44.1 Å². The fraction of sp³-hybridized carbons (Fsp3) is 0.0556. The minimum Gasteiger partial charge on any atom is -0.488 e. The monoisotopic (exact) mass is 423 g/mol. The van der Waals surface area contributed by atoms with E-state index < -0.39 is 10.5 Å². The van der Waals surface area contributed by atoms with Gasteiger partial charge in [0.15, 0.2) is 5.57 Å². The molecule has 0 aliphatic heterocycles. The summed E-state index contributed by atoms with van der Waals surface area (Å²) in [5, 5.41) is 40.7. The number of allylic oxidation sites excluding steroid dienone is 2. The lowest BCUT2D eigenvalue weighted by Gasteiger charge is -2.12. The van der Waals surface area contributed by atoms with Crippen molar-refractivity contribution in [1.82, 2.24) is 0 Å². The van der Waals surface area contributed by atoms with E-state index in [0.717, 1.165) is 5.56 Å². The number of nitro benzene ring substituents is 1. The maximum Gasteiger partial charge on any atom is 0.294 e. The highest BCUT2D eigenvalue weighted by atomic mass is 79.9. The molecule has 132 valence electrons. The summed E-state index contributed by atoms with van der Waals surface area (Å²) in [4.78, 5) is 10.7. The third-order valence-corrected chi connectivity index (χ3v) is 3.95. The molecule has 9 heteroatoms.